The molecule has 1 amide bonds. The Morgan fingerprint density at radius 3 is 2.24 bits per heavy atom. The van der Waals surface area contributed by atoms with E-state index < -0.39 is 10.0 Å². The monoisotopic (exact) mass is 368 g/mol. The van der Waals surface area contributed by atoms with Crippen LogP contribution in [0.25, 0.3) is 0 Å². The predicted octanol–water partition coefficient (Wildman–Crippen LogP) is 2.27. The smallest absolute Gasteiger partial charge is 0.243 e. The van der Waals surface area contributed by atoms with E-state index in [-0.39, 0.29) is 16.7 Å². The number of carbonyl (C=O) groups excluding carboxylic acids is 1. The summed E-state index contributed by atoms with van der Waals surface area (Å²) in [5.41, 5.74) is 0.783. The fourth-order valence-corrected chi connectivity index (χ4v) is 4.71. The van der Waals surface area contributed by atoms with Crippen molar-refractivity contribution in [2.24, 2.45) is 5.92 Å². The van der Waals surface area contributed by atoms with E-state index in [0.717, 1.165) is 18.4 Å². The van der Waals surface area contributed by atoms with Gasteiger partial charge in [-0.2, -0.15) is 4.31 Å². The summed E-state index contributed by atoms with van der Waals surface area (Å²) in [5.74, 6) is 0.842. The van der Waals surface area contributed by atoms with Crippen LogP contribution in [-0.4, -0.2) is 56.8 Å². The zero-order chi connectivity index (χ0) is 18.6. The van der Waals surface area contributed by atoms with Crippen LogP contribution in [0.3, 0.4) is 0 Å². The molecule has 1 aliphatic heterocycles. The second-order valence-corrected chi connectivity index (χ2v) is 8.31. The summed E-state index contributed by atoms with van der Waals surface area (Å²) in [7, 11) is -1.99. The van der Waals surface area contributed by atoms with E-state index in [1.165, 1.54) is 4.31 Å². The molecule has 0 unspecified atom stereocenters. The number of hydrogen-bond donors (Lipinski definition) is 0. The number of nitrogens with zero attached hydrogens (tertiary/aromatic N) is 2. The Kier molecular flexibility index (Phi) is 6.46. The molecule has 1 saturated heterocycles. The summed E-state index contributed by atoms with van der Waals surface area (Å²) in [5, 5.41) is 0. The molecule has 0 radical (unpaired) electrons. The first kappa shape index (κ1) is 19.7. The third kappa shape index (κ3) is 4.15. The molecule has 1 aromatic carbocycles. The highest BCUT2D eigenvalue weighted by Gasteiger charge is 2.31. The molecule has 1 fully saturated rings. The van der Waals surface area contributed by atoms with Crippen molar-refractivity contribution in [3.63, 3.8) is 0 Å². The van der Waals surface area contributed by atoms with Gasteiger partial charge in [0, 0.05) is 32.1 Å². The summed E-state index contributed by atoms with van der Waals surface area (Å²) < 4.78 is 32.3. The first-order valence-electron chi connectivity index (χ1n) is 8.78. The molecule has 0 saturated carbocycles. The van der Waals surface area contributed by atoms with E-state index in [1.807, 2.05) is 20.8 Å². The van der Waals surface area contributed by atoms with Crippen molar-refractivity contribution < 1.29 is 17.9 Å². The molecule has 0 aliphatic carbocycles. The summed E-state index contributed by atoms with van der Waals surface area (Å²) in [6.07, 6.45) is 1.64. The van der Waals surface area contributed by atoms with E-state index in [9.17, 15) is 13.2 Å². The highest BCUT2D eigenvalue weighted by Crippen LogP contribution is 2.25. The van der Waals surface area contributed by atoms with Crippen molar-refractivity contribution in [1.82, 2.24) is 9.21 Å². The van der Waals surface area contributed by atoms with Crippen molar-refractivity contribution in [3.05, 3.63) is 23.8 Å². The molecule has 0 aromatic heterocycles. The average molecular weight is 368 g/mol. The average Bonchev–Trinajstić information content (AvgIpc) is 2.62. The van der Waals surface area contributed by atoms with E-state index in [1.54, 1.807) is 30.2 Å². The molecule has 0 spiro atoms. The zero-order valence-electron chi connectivity index (χ0n) is 15.5. The second-order valence-electron chi connectivity index (χ2n) is 6.37. The van der Waals surface area contributed by atoms with Crippen LogP contribution >= 0.6 is 0 Å². The van der Waals surface area contributed by atoms with Crippen LogP contribution in [-0.2, 0) is 14.8 Å². The Balaban J connectivity index is 2.09. The maximum absolute atomic E-state index is 12.8. The van der Waals surface area contributed by atoms with Gasteiger partial charge in [-0.05, 0) is 43.5 Å². The third-order valence-corrected chi connectivity index (χ3v) is 6.78. The van der Waals surface area contributed by atoms with Crippen LogP contribution in [0.2, 0.25) is 0 Å². The lowest BCUT2D eigenvalue weighted by Crippen LogP contribution is -2.51. The molecule has 7 heteroatoms. The molecule has 1 heterocycles. The molecule has 2 rings (SSSR count). The Morgan fingerprint density at radius 2 is 1.76 bits per heavy atom. The molecule has 0 N–H and O–H groups in total. The molecule has 1 aromatic rings. The van der Waals surface area contributed by atoms with Crippen LogP contribution in [0.15, 0.2) is 23.1 Å². The number of benzene rings is 1. The molecular formula is C18H28N2O4S. The number of rotatable bonds is 6. The van der Waals surface area contributed by atoms with Gasteiger partial charge in [-0.25, -0.2) is 8.42 Å². The summed E-state index contributed by atoms with van der Waals surface area (Å²) in [6.45, 7) is 7.41. The largest absolute Gasteiger partial charge is 0.496 e. The van der Waals surface area contributed by atoms with Crippen molar-refractivity contribution in [3.8, 4) is 5.75 Å². The quantitative estimate of drug-likeness (QED) is 0.773. The molecular weight excluding hydrogens is 340 g/mol. The molecule has 6 nitrogen and oxygen atoms in total. The fraction of sp³-hybridized carbons (Fsp3) is 0.611. The number of piperazine rings is 1. The maximum Gasteiger partial charge on any atom is 0.243 e. The van der Waals surface area contributed by atoms with Gasteiger partial charge in [0.25, 0.3) is 0 Å². The predicted molar refractivity (Wildman–Crippen MR) is 97.1 cm³/mol. The number of sulfonamides is 1. The van der Waals surface area contributed by atoms with Gasteiger partial charge in [-0.15, -0.1) is 0 Å². The van der Waals surface area contributed by atoms with Crippen LogP contribution in [0.5, 0.6) is 5.75 Å². The fourth-order valence-electron chi connectivity index (χ4n) is 3.21. The number of aryl methyl sites for hydroxylation is 1. The van der Waals surface area contributed by atoms with E-state index in [4.69, 9.17) is 4.74 Å². The maximum atomic E-state index is 12.8. The Hall–Kier alpha value is -1.60. The molecule has 1 aliphatic rings. The van der Waals surface area contributed by atoms with Crippen LogP contribution < -0.4 is 4.74 Å². The van der Waals surface area contributed by atoms with Gasteiger partial charge < -0.3 is 9.64 Å². The number of amides is 1. The SMILES string of the molecule is CCC(CC)C(=O)N1CCN(S(=O)(=O)c2ccc(OC)c(C)c2)CC1. The van der Waals surface area contributed by atoms with Gasteiger partial charge >= 0.3 is 0 Å². The van der Waals surface area contributed by atoms with Crippen molar-refractivity contribution in [2.75, 3.05) is 33.3 Å². The third-order valence-electron chi connectivity index (χ3n) is 4.89. The van der Waals surface area contributed by atoms with Gasteiger partial charge in [-0.3, -0.25) is 4.79 Å². The highest BCUT2D eigenvalue weighted by atomic mass is 32.2. The lowest BCUT2D eigenvalue weighted by atomic mass is 10.0. The van der Waals surface area contributed by atoms with Crippen molar-refractivity contribution >= 4 is 15.9 Å². The normalized spacial score (nSPS) is 16.3. The van der Waals surface area contributed by atoms with E-state index in [0.29, 0.717) is 31.9 Å². The number of carbonyl (C=O) groups is 1. The molecule has 25 heavy (non-hydrogen) atoms. The van der Waals surface area contributed by atoms with Gasteiger partial charge in [0.05, 0.1) is 12.0 Å². The first-order valence-corrected chi connectivity index (χ1v) is 10.2. The lowest BCUT2D eigenvalue weighted by molar-refractivity contribution is -0.136. The van der Waals surface area contributed by atoms with Crippen LogP contribution in [0.4, 0.5) is 0 Å². The first-order chi connectivity index (χ1) is 11.8. The summed E-state index contributed by atoms with van der Waals surface area (Å²) in [4.78, 5) is 14.5. The topological polar surface area (TPSA) is 66.9 Å². The summed E-state index contributed by atoms with van der Waals surface area (Å²) in [6, 6.07) is 4.88. The van der Waals surface area contributed by atoms with Gasteiger partial charge in [0.1, 0.15) is 5.75 Å². The minimum absolute atomic E-state index is 0.0346. The van der Waals surface area contributed by atoms with E-state index >= 15 is 0 Å². The number of methoxy groups -OCH3 is 1. The van der Waals surface area contributed by atoms with Gasteiger partial charge in [0.2, 0.25) is 15.9 Å². The number of ether oxygens (including phenoxy) is 1. The Bertz CT molecular complexity index is 706. The second kappa shape index (κ2) is 8.19. The molecule has 0 atom stereocenters. The van der Waals surface area contributed by atoms with Crippen molar-refractivity contribution in [1.29, 1.82) is 0 Å². The molecule has 0 bridgehead atoms. The van der Waals surface area contributed by atoms with Gasteiger partial charge in [0.15, 0.2) is 0 Å². The standard InChI is InChI=1S/C18H28N2O4S/c1-5-15(6-2)18(21)19-9-11-20(12-10-19)25(22,23)16-7-8-17(24-4)14(3)13-16/h7-8,13,15H,5-6,9-12H2,1-4H3. The van der Waals surface area contributed by atoms with Crippen LogP contribution in [0.1, 0.15) is 32.3 Å². The van der Waals surface area contributed by atoms with Crippen LogP contribution in [0, 0.1) is 12.8 Å². The Labute approximate surface area is 150 Å². The zero-order valence-corrected chi connectivity index (χ0v) is 16.3. The number of hydrogen-bond acceptors (Lipinski definition) is 4. The minimum Gasteiger partial charge on any atom is -0.496 e. The minimum atomic E-state index is -3.55. The van der Waals surface area contributed by atoms with E-state index in [2.05, 4.69) is 0 Å². The van der Waals surface area contributed by atoms with Gasteiger partial charge in [-0.1, -0.05) is 13.8 Å². The summed E-state index contributed by atoms with van der Waals surface area (Å²) >= 11 is 0. The highest BCUT2D eigenvalue weighted by molar-refractivity contribution is 7.89. The lowest BCUT2D eigenvalue weighted by Gasteiger charge is -2.35. The Morgan fingerprint density at radius 1 is 1.16 bits per heavy atom. The van der Waals surface area contributed by atoms with Crippen molar-refractivity contribution in [2.45, 2.75) is 38.5 Å². The molecule has 140 valence electrons.